The van der Waals surface area contributed by atoms with Crippen LogP contribution in [0, 0.1) is 18.8 Å². The van der Waals surface area contributed by atoms with E-state index in [-0.39, 0.29) is 6.61 Å². The highest BCUT2D eigenvalue weighted by atomic mass is 16.3. The van der Waals surface area contributed by atoms with Crippen molar-refractivity contribution in [2.45, 2.75) is 46.6 Å². The van der Waals surface area contributed by atoms with Gasteiger partial charge in [0.1, 0.15) is 0 Å². The van der Waals surface area contributed by atoms with E-state index in [2.05, 4.69) is 16.9 Å². The SMILES string of the molecule is CC.CN1CC2CCC(C2)C1.Cc1ccc(CO)cn1. The predicted octanol–water partition coefficient (Wildman–Crippen LogP) is 3.26. The molecule has 2 heterocycles. The molecule has 1 saturated heterocycles. The second-order valence-corrected chi connectivity index (χ2v) is 5.73. The molecule has 1 aliphatic carbocycles. The van der Waals surface area contributed by atoms with Crippen molar-refractivity contribution in [3.63, 3.8) is 0 Å². The Balaban J connectivity index is 0.000000178. The fourth-order valence-electron chi connectivity index (χ4n) is 3.06. The zero-order valence-corrected chi connectivity index (χ0v) is 13.5. The van der Waals surface area contributed by atoms with Crippen molar-refractivity contribution in [2.24, 2.45) is 11.8 Å². The molecule has 114 valence electrons. The summed E-state index contributed by atoms with van der Waals surface area (Å²) in [6.45, 7) is 8.74. The molecule has 1 saturated carbocycles. The molecular formula is C17H30N2O. The molecule has 0 aromatic carbocycles. The number of hydrogen-bond donors (Lipinski definition) is 1. The normalized spacial score (nSPS) is 24.2. The third-order valence-corrected chi connectivity index (χ3v) is 3.94. The zero-order chi connectivity index (χ0) is 15.0. The summed E-state index contributed by atoms with van der Waals surface area (Å²) in [5.74, 6) is 2.13. The summed E-state index contributed by atoms with van der Waals surface area (Å²) in [6, 6.07) is 3.74. The van der Waals surface area contributed by atoms with Crippen molar-refractivity contribution in [1.82, 2.24) is 9.88 Å². The van der Waals surface area contributed by atoms with Gasteiger partial charge in [-0.1, -0.05) is 19.9 Å². The number of pyridine rings is 1. The maximum atomic E-state index is 8.59. The van der Waals surface area contributed by atoms with Gasteiger partial charge < -0.3 is 10.0 Å². The molecule has 2 aliphatic rings. The van der Waals surface area contributed by atoms with Crippen molar-refractivity contribution < 1.29 is 5.11 Å². The average Bonchev–Trinajstić information content (AvgIpc) is 2.82. The molecule has 2 bridgehead atoms. The molecule has 1 N–H and O–H groups in total. The predicted molar refractivity (Wildman–Crippen MR) is 84.6 cm³/mol. The highest BCUT2D eigenvalue weighted by Crippen LogP contribution is 2.35. The summed E-state index contributed by atoms with van der Waals surface area (Å²) in [5, 5.41) is 8.59. The van der Waals surface area contributed by atoms with Gasteiger partial charge in [-0.3, -0.25) is 4.98 Å². The molecule has 1 aliphatic heterocycles. The van der Waals surface area contributed by atoms with E-state index in [4.69, 9.17) is 5.11 Å². The standard InChI is InChI=1S/C8H15N.C7H9NO.C2H6/c1-9-5-7-2-3-8(4-7)6-9;1-6-2-3-7(5-9)4-8-6;1-2/h7-8H,2-6H2,1H3;2-4,9H,5H2,1H3;1-2H3. The van der Waals surface area contributed by atoms with E-state index in [9.17, 15) is 0 Å². The van der Waals surface area contributed by atoms with Crippen LogP contribution in [-0.4, -0.2) is 35.1 Å². The lowest BCUT2D eigenvalue weighted by atomic mass is 10.00. The van der Waals surface area contributed by atoms with E-state index in [1.54, 1.807) is 6.20 Å². The molecule has 3 heteroatoms. The Labute approximate surface area is 124 Å². The Bertz CT molecular complexity index is 352. The van der Waals surface area contributed by atoms with Crippen LogP contribution in [-0.2, 0) is 6.61 Å². The Morgan fingerprint density at radius 1 is 1.20 bits per heavy atom. The third kappa shape index (κ3) is 5.59. The third-order valence-electron chi connectivity index (χ3n) is 3.94. The molecule has 20 heavy (non-hydrogen) atoms. The van der Waals surface area contributed by atoms with E-state index in [1.165, 1.54) is 32.4 Å². The lowest BCUT2D eigenvalue weighted by Crippen LogP contribution is -2.32. The fraction of sp³-hybridized carbons (Fsp3) is 0.706. The number of aromatic nitrogens is 1. The van der Waals surface area contributed by atoms with Crippen LogP contribution in [0.2, 0.25) is 0 Å². The van der Waals surface area contributed by atoms with Crippen LogP contribution < -0.4 is 0 Å². The van der Waals surface area contributed by atoms with Gasteiger partial charge in [0.2, 0.25) is 0 Å². The number of likely N-dealkylation sites (tertiary alicyclic amines) is 1. The number of aliphatic hydroxyl groups is 1. The van der Waals surface area contributed by atoms with Gasteiger partial charge in [-0.2, -0.15) is 0 Å². The summed E-state index contributed by atoms with van der Waals surface area (Å²) in [6.07, 6.45) is 6.23. The second-order valence-electron chi connectivity index (χ2n) is 5.73. The molecule has 3 nitrogen and oxygen atoms in total. The van der Waals surface area contributed by atoms with Gasteiger partial charge in [-0.05, 0) is 56.7 Å². The number of fused-ring (bicyclic) bond motifs is 2. The van der Waals surface area contributed by atoms with Gasteiger partial charge in [0.25, 0.3) is 0 Å². The van der Waals surface area contributed by atoms with Crippen molar-refractivity contribution >= 4 is 0 Å². The summed E-state index contributed by atoms with van der Waals surface area (Å²) < 4.78 is 0. The van der Waals surface area contributed by atoms with Crippen LogP contribution >= 0.6 is 0 Å². The minimum atomic E-state index is 0.0767. The number of hydrogen-bond acceptors (Lipinski definition) is 3. The number of rotatable bonds is 1. The Hall–Kier alpha value is -0.930. The van der Waals surface area contributed by atoms with Crippen molar-refractivity contribution in [1.29, 1.82) is 0 Å². The summed E-state index contributed by atoms with van der Waals surface area (Å²) in [5.41, 5.74) is 1.84. The van der Waals surface area contributed by atoms with E-state index in [0.717, 1.165) is 23.1 Å². The quantitative estimate of drug-likeness (QED) is 0.856. The zero-order valence-electron chi connectivity index (χ0n) is 13.5. The van der Waals surface area contributed by atoms with Gasteiger partial charge in [0.15, 0.2) is 0 Å². The molecular weight excluding hydrogens is 248 g/mol. The molecule has 2 fully saturated rings. The largest absolute Gasteiger partial charge is 0.392 e. The van der Waals surface area contributed by atoms with Crippen LogP contribution in [0.1, 0.15) is 44.4 Å². The summed E-state index contributed by atoms with van der Waals surface area (Å²) in [7, 11) is 2.25. The maximum absolute atomic E-state index is 8.59. The summed E-state index contributed by atoms with van der Waals surface area (Å²) >= 11 is 0. The average molecular weight is 278 g/mol. The Morgan fingerprint density at radius 3 is 2.25 bits per heavy atom. The molecule has 2 atom stereocenters. The molecule has 0 spiro atoms. The lowest BCUT2D eigenvalue weighted by Gasteiger charge is -2.27. The minimum absolute atomic E-state index is 0.0767. The molecule has 1 aromatic rings. The highest BCUT2D eigenvalue weighted by molar-refractivity contribution is 5.11. The van der Waals surface area contributed by atoms with E-state index < -0.39 is 0 Å². The first-order chi connectivity index (χ1) is 9.67. The minimum Gasteiger partial charge on any atom is -0.392 e. The van der Waals surface area contributed by atoms with E-state index in [1.807, 2.05) is 32.9 Å². The molecule has 2 unspecified atom stereocenters. The smallest absolute Gasteiger partial charge is 0.0696 e. The van der Waals surface area contributed by atoms with Crippen LogP contribution in [0.5, 0.6) is 0 Å². The topological polar surface area (TPSA) is 36.4 Å². The van der Waals surface area contributed by atoms with Crippen LogP contribution in [0.15, 0.2) is 18.3 Å². The van der Waals surface area contributed by atoms with Crippen LogP contribution in [0.25, 0.3) is 0 Å². The summed E-state index contributed by atoms with van der Waals surface area (Å²) in [4.78, 5) is 6.48. The highest BCUT2D eigenvalue weighted by Gasteiger charge is 2.30. The van der Waals surface area contributed by atoms with Crippen molar-refractivity contribution in [3.05, 3.63) is 29.6 Å². The number of aliphatic hydroxyl groups excluding tert-OH is 1. The fourth-order valence-corrected chi connectivity index (χ4v) is 3.06. The van der Waals surface area contributed by atoms with Gasteiger partial charge in [-0.25, -0.2) is 0 Å². The lowest BCUT2D eigenvalue weighted by molar-refractivity contribution is 0.203. The van der Waals surface area contributed by atoms with E-state index in [0.29, 0.717) is 0 Å². The van der Waals surface area contributed by atoms with Crippen LogP contribution in [0.3, 0.4) is 0 Å². The number of piperidine rings is 1. The van der Waals surface area contributed by atoms with E-state index >= 15 is 0 Å². The number of nitrogens with zero attached hydrogens (tertiary/aromatic N) is 2. The Kier molecular flexibility index (Phi) is 7.78. The first-order valence-electron chi connectivity index (χ1n) is 7.88. The monoisotopic (exact) mass is 278 g/mol. The molecule has 3 rings (SSSR count). The molecule has 0 radical (unpaired) electrons. The van der Waals surface area contributed by atoms with Gasteiger partial charge >= 0.3 is 0 Å². The Morgan fingerprint density at radius 2 is 1.80 bits per heavy atom. The maximum Gasteiger partial charge on any atom is 0.0696 e. The van der Waals surface area contributed by atoms with Crippen LogP contribution in [0.4, 0.5) is 0 Å². The van der Waals surface area contributed by atoms with Crippen molar-refractivity contribution in [3.8, 4) is 0 Å². The van der Waals surface area contributed by atoms with Gasteiger partial charge in [0, 0.05) is 25.0 Å². The molecule has 1 aromatic heterocycles. The van der Waals surface area contributed by atoms with Crippen molar-refractivity contribution in [2.75, 3.05) is 20.1 Å². The van der Waals surface area contributed by atoms with Gasteiger partial charge in [0.05, 0.1) is 6.61 Å². The van der Waals surface area contributed by atoms with Gasteiger partial charge in [-0.15, -0.1) is 0 Å². The molecule has 0 amide bonds. The number of aryl methyl sites for hydroxylation is 1. The first-order valence-corrected chi connectivity index (χ1v) is 7.88. The second kappa shape index (κ2) is 9.09. The first kappa shape index (κ1) is 17.1.